The summed E-state index contributed by atoms with van der Waals surface area (Å²) in [5.74, 6) is -0.426. The molecule has 0 aliphatic heterocycles. The second kappa shape index (κ2) is 9.36. The van der Waals surface area contributed by atoms with Gasteiger partial charge in [-0.25, -0.2) is 4.79 Å². The number of nitrogens with one attached hydrogen (secondary N) is 1. The Morgan fingerprint density at radius 1 is 1.06 bits per heavy atom. The van der Waals surface area contributed by atoms with E-state index in [0.29, 0.717) is 22.6 Å². The normalized spacial score (nSPS) is 15.1. The van der Waals surface area contributed by atoms with Crippen LogP contribution in [-0.4, -0.2) is 19.0 Å². The molecule has 0 spiro atoms. The number of hydrogen-bond donors (Lipinski definition) is 1. The molecule has 1 aliphatic carbocycles. The third-order valence-electron chi connectivity index (χ3n) is 5.75. The van der Waals surface area contributed by atoms with E-state index in [-0.39, 0.29) is 17.9 Å². The van der Waals surface area contributed by atoms with Gasteiger partial charge in [-0.3, -0.25) is 4.79 Å². The average Bonchev–Trinajstić information content (AvgIpc) is 2.80. The Bertz CT molecular complexity index is 1110. The van der Waals surface area contributed by atoms with Crippen LogP contribution in [0.5, 0.6) is 0 Å². The minimum absolute atomic E-state index is 0.0773. The van der Waals surface area contributed by atoms with Gasteiger partial charge in [0, 0.05) is 10.6 Å². The Hall–Kier alpha value is -3.11. The van der Waals surface area contributed by atoms with Gasteiger partial charge in [0.05, 0.1) is 18.7 Å². The number of halogens is 1. The molecule has 1 amide bonds. The largest absolute Gasteiger partial charge is 0.465 e. The zero-order chi connectivity index (χ0) is 21.8. The Kier molecular flexibility index (Phi) is 6.38. The summed E-state index contributed by atoms with van der Waals surface area (Å²) in [6, 6.07) is 20.9. The molecule has 0 heterocycles. The maximum atomic E-state index is 13.2. The molecule has 0 fully saturated rings. The van der Waals surface area contributed by atoms with Crippen LogP contribution in [0.15, 0.2) is 66.7 Å². The summed E-state index contributed by atoms with van der Waals surface area (Å²) in [6.45, 7) is 0. The molecule has 0 saturated heterocycles. The molecule has 3 aromatic carbocycles. The summed E-state index contributed by atoms with van der Waals surface area (Å²) in [7, 11) is 1.38. The van der Waals surface area contributed by atoms with Crippen LogP contribution in [-0.2, 0) is 17.6 Å². The molecular formula is C26H24ClNO3. The van der Waals surface area contributed by atoms with Gasteiger partial charge in [0.15, 0.2) is 0 Å². The quantitative estimate of drug-likeness (QED) is 0.538. The number of rotatable bonds is 5. The second-order valence-electron chi connectivity index (χ2n) is 7.78. The third kappa shape index (κ3) is 4.80. The molecule has 31 heavy (non-hydrogen) atoms. The standard InChI is InChI=1S/C26H24ClNO3/c1-31-26(30)20-11-14-22-19(16-20)6-4-8-24(22)28-25(29)23-7-3-2-5-18(23)15-17-9-12-21(27)13-10-17/h2-3,5,7,9-14,16,24H,4,6,8,15H2,1H3,(H,28,29). The van der Waals surface area contributed by atoms with Crippen molar-refractivity contribution in [2.24, 2.45) is 0 Å². The van der Waals surface area contributed by atoms with Gasteiger partial charge in [-0.1, -0.05) is 48.0 Å². The lowest BCUT2D eigenvalue weighted by Gasteiger charge is -2.27. The number of aryl methyl sites for hydroxylation is 1. The molecule has 3 aromatic rings. The summed E-state index contributed by atoms with van der Waals surface area (Å²) >= 11 is 5.99. The van der Waals surface area contributed by atoms with Crippen LogP contribution >= 0.6 is 11.6 Å². The molecule has 0 aromatic heterocycles. The first-order valence-electron chi connectivity index (χ1n) is 10.4. The molecule has 1 N–H and O–H groups in total. The summed E-state index contributed by atoms with van der Waals surface area (Å²) in [6.07, 6.45) is 3.37. The van der Waals surface area contributed by atoms with E-state index in [1.165, 1.54) is 7.11 Å². The Labute approximate surface area is 187 Å². The first-order chi connectivity index (χ1) is 15.0. The zero-order valence-corrected chi connectivity index (χ0v) is 18.1. The summed E-state index contributed by atoms with van der Waals surface area (Å²) < 4.78 is 4.83. The van der Waals surface area contributed by atoms with Gasteiger partial charge in [0.1, 0.15) is 0 Å². The number of carbonyl (C=O) groups excluding carboxylic acids is 2. The number of amides is 1. The number of ether oxygens (including phenoxy) is 1. The summed E-state index contributed by atoms with van der Waals surface area (Å²) in [5, 5.41) is 3.91. The second-order valence-corrected chi connectivity index (χ2v) is 8.22. The predicted octanol–water partition coefficient (Wildman–Crippen LogP) is 5.52. The van der Waals surface area contributed by atoms with E-state index in [2.05, 4.69) is 5.32 Å². The Morgan fingerprint density at radius 2 is 1.84 bits per heavy atom. The number of fused-ring (bicyclic) bond motifs is 1. The minimum Gasteiger partial charge on any atom is -0.465 e. The highest BCUT2D eigenvalue weighted by molar-refractivity contribution is 6.30. The van der Waals surface area contributed by atoms with Crippen LogP contribution in [0.25, 0.3) is 0 Å². The lowest BCUT2D eigenvalue weighted by molar-refractivity contribution is 0.0600. The Balaban J connectivity index is 1.55. The topological polar surface area (TPSA) is 55.4 Å². The van der Waals surface area contributed by atoms with Gasteiger partial charge in [-0.2, -0.15) is 0 Å². The molecule has 1 unspecified atom stereocenters. The van der Waals surface area contributed by atoms with Crippen molar-refractivity contribution in [1.82, 2.24) is 5.32 Å². The molecule has 1 aliphatic rings. The number of hydrogen-bond acceptors (Lipinski definition) is 3. The first kappa shape index (κ1) is 21.1. The average molecular weight is 434 g/mol. The van der Waals surface area contributed by atoms with Gasteiger partial charge in [0.25, 0.3) is 5.91 Å². The summed E-state index contributed by atoms with van der Waals surface area (Å²) in [5.41, 5.74) is 5.45. The number of benzene rings is 3. The van der Waals surface area contributed by atoms with Crippen LogP contribution in [0.4, 0.5) is 0 Å². The van der Waals surface area contributed by atoms with Crippen molar-refractivity contribution >= 4 is 23.5 Å². The highest BCUT2D eigenvalue weighted by Crippen LogP contribution is 2.31. The molecule has 158 valence electrons. The van der Waals surface area contributed by atoms with Crippen molar-refractivity contribution in [2.45, 2.75) is 31.7 Å². The van der Waals surface area contributed by atoms with Crippen molar-refractivity contribution in [3.05, 3.63) is 105 Å². The van der Waals surface area contributed by atoms with E-state index in [1.807, 2.05) is 60.7 Å². The smallest absolute Gasteiger partial charge is 0.337 e. The van der Waals surface area contributed by atoms with Crippen LogP contribution in [0.2, 0.25) is 5.02 Å². The number of carbonyl (C=O) groups is 2. The van der Waals surface area contributed by atoms with Crippen molar-refractivity contribution in [1.29, 1.82) is 0 Å². The highest BCUT2D eigenvalue weighted by atomic mass is 35.5. The van der Waals surface area contributed by atoms with Gasteiger partial charge < -0.3 is 10.1 Å². The molecule has 1 atom stereocenters. The maximum absolute atomic E-state index is 13.2. The minimum atomic E-state index is -0.343. The van der Waals surface area contributed by atoms with Gasteiger partial charge in [-0.15, -0.1) is 0 Å². The fraction of sp³-hybridized carbons (Fsp3) is 0.231. The van der Waals surface area contributed by atoms with Crippen LogP contribution in [0.3, 0.4) is 0 Å². The lowest BCUT2D eigenvalue weighted by Crippen LogP contribution is -2.31. The van der Waals surface area contributed by atoms with Gasteiger partial charge in [-0.05, 0) is 78.3 Å². The predicted molar refractivity (Wildman–Crippen MR) is 122 cm³/mol. The van der Waals surface area contributed by atoms with Crippen molar-refractivity contribution < 1.29 is 14.3 Å². The van der Waals surface area contributed by atoms with E-state index < -0.39 is 0 Å². The zero-order valence-electron chi connectivity index (χ0n) is 17.4. The van der Waals surface area contributed by atoms with Crippen LogP contribution < -0.4 is 5.32 Å². The SMILES string of the molecule is COC(=O)c1ccc2c(c1)CCCC2NC(=O)c1ccccc1Cc1ccc(Cl)cc1. The first-order valence-corrected chi connectivity index (χ1v) is 10.8. The fourth-order valence-electron chi connectivity index (χ4n) is 4.16. The van der Waals surface area contributed by atoms with Gasteiger partial charge in [0.2, 0.25) is 0 Å². The van der Waals surface area contributed by atoms with E-state index in [9.17, 15) is 9.59 Å². The molecule has 4 nitrogen and oxygen atoms in total. The monoisotopic (exact) mass is 433 g/mol. The van der Waals surface area contributed by atoms with E-state index >= 15 is 0 Å². The van der Waals surface area contributed by atoms with Crippen molar-refractivity contribution in [3.8, 4) is 0 Å². The summed E-state index contributed by atoms with van der Waals surface area (Å²) in [4.78, 5) is 25.1. The molecule has 0 bridgehead atoms. The van der Waals surface area contributed by atoms with Gasteiger partial charge >= 0.3 is 5.97 Å². The number of esters is 1. The van der Waals surface area contributed by atoms with Crippen molar-refractivity contribution in [2.75, 3.05) is 7.11 Å². The van der Waals surface area contributed by atoms with E-state index in [0.717, 1.165) is 41.5 Å². The van der Waals surface area contributed by atoms with E-state index in [4.69, 9.17) is 16.3 Å². The van der Waals surface area contributed by atoms with Crippen LogP contribution in [0, 0.1) is 0 Å². The van der Waals surface area contributed by atoms with Crippen molar-refractivity contribution in [3.63, 3.8) is 0 Å². The van der Waals surface area contributed by atoms with Crippen LogP contribution in [0.1, 0.15) is 61.9 Å². The molecule has 5 heteroatoms. The third-order valence-corrected chi connectivity index (χ3v) is 6.01. The van der Waals surface area contributed by atoms with E-state index in [1.54, 1.807) is 6.07 Å². The molecule has 0 saturated carbocycles. The highest BCUT2D eigenvalue weighted by Gasteiger charge is 2.24. The molecule has 0 radical (unpaired) electrons. The fourth-order valence-corrected chi connectivity index (χ4v) is 4.29. The number of methoxy groups -OCH3 is 1. The maximum Gasteiger partial charge on any atom is 0.337 e. The molecule has 4 rings (SSSR count). The lowest BCUT2D eigenvalue weighted by atomic mass is 9.86. The molecular weight excluding hydrogens is 410 g/mol. The Morgan fingerprint density at radius 3 is 2.61 bits per heavy atom.